The Hall–Kier alpha value is -1.70. The Morgan fingerprint density at radius 2 is 1.96 bits per heavy atom. The first kappa shape index (κ1) is 19.6. The number of ether oxygens (including phenoxy) is 1. The minimum Gasteiger partial charge on any atom is -0.506 e. The highest BCUT2D eigenvalue weighted by molar-refractivity contribution is 9.11. The lowest BCUT2D eigenvalue weighted by Gasteiger charge is -2.08. The molecule has 0 heterocycles. The zero-order valence-electron chi connectivity index (χ0n) is 13.8. The van der Waals surface area contributed by atoms with E-state index in [2.05, 4.69) is 42.4 Å². The third kappa shape index (κ3) is 5.95. The van der Waals surface area contributed by atoms with E-state index in [0.717, 1.165) is 10.0 Å². The number of nitrogens with zero attached hydrogens (tertiary/aromatic N) is 1. The number of phenolic OH excluding ortho intramolecular Hbond substituents is 1. The molecule has 0 fully saturated rings. The van der Waals surface area contributed by atoms with E-state index in [9.17, 15) is 9.90 Å². The van der Waals surface area contributed by atoms with Crippen LogP contribution in [-0.2, 0) is 11.3 Å². The Bertz CT molecular complexity index is 775. The van der Waals surface area contributed by atoms with Crippen LogP contribution >= 0.6 is 31.9 Å². The van der Waals surface area contributed by atoms with Crippen molar-refractivity contribution in [3.63, 3.8) is 0 Å². The summed E-state index contributed by atoms with van der Waals surface area (Å²) in [6.45, 7) is 4.46. The molecular formula is C18H18Br2N2O3. The number of phenols is 1. The number of amides is 1. The van der Waals surface area contributed by atoms with Gasteiger partial charge in [0.05, 0.1) is 23.4 Å². The van der Waals surface area contributed by atoms with Gasteiger partial charge in [0.1, 0.15) is 5.75 Å². The number of benzene rings is 2. The van der Waals surface area contributed by atoms with Crippen molar-refractivity contribution in [3.8, 4) is 5.75 Å². The van der Waals surface area contributed by atoms with Crippen molar-refractivity contribution in [2.24, 2.45) is 5.10 Å². The SMILES string of the molecule is CC(C)OCc1ccc(C(=O)NN=Cc2cc(Br)cc(Br)c2O)cc1. The van der Waals surface area contributed by atoms with Gasteiger partial charge in [-0.05, 0) is 59.6 Å². The van der Waals surface area contributed by atoms with E-state index in [-0.39, 0.29) is 17.8 Å². The number of aromatic hydroxyl groups is 1. The van der Waals surface area contributed by atoms with Crippen molar-refractivity contribution in [2.75, 3.05) is 0 Å². The maximum Gasteiger partial charge on any atom is 0.271 e. The number of hydrazone groups is 1. The Kier molecular flexibility index (Phi) is 7.16. The molecule has 5 nitrogen and oxygen atoms in total. The minimum absolute atomic E-state index is 0.0516. The van der Waals surface area contributed by atoms with Gasteiger partial charge in [-0.2, -0.15) is 5.10 Å². The number of hydrogen-bond donors (Lipinski definition) is 2. The van der Waals surface area contributed by atoms with Crippen molar-refractivity contribution in [1.82, 2.24) is 5.43 Å². The van der Waals surface area contributed by atoms with Crippen LogP contribution in [0, 0.1) is 0 Å². The molecule has 132 valence electrons. The fourth-order valence-corrected chi connectivity index (χ4v) is 3.18. The zero-order valence-corrected chi connectivity index (χ0v) is 17.0. The quantitative estimate of drug-likeness (QED) is 0.479. The van der Waals surface area contributed by atoms with E-state index in [4.69, 9.17) is 4.74 Å². The molecule has 0 spiro atoms. The lowest BCUT2D eigenvalue weighted by atomic mass is 10.1. The van der Waals surface area contributed by atoms with Gasteiger partial charge < -0.3 is 9.84 Å². The highest BCUT2D eigenvalue weighted by Gasteiger charge is 2.07. The van der Waals surface area contributed by atoms with Gasteiger partial charge >= 0.3 is 0 Å². The van der Waals surface area contributed by atoms with Gasteiger partial charge in [-0.1, -0.05) is 28.1 Å². The number of halogens is 2. The van der Waals surface area contributed by atoms with Crippen LogP contribution in [0.3, 0.4) is 0 Å². The molecule has 2 aromatic carbocycles. The van der Waals surface area contributed by atoms with Crippen molar-refractivity contribution < 1.29 is 14.6 Å². The van der Waals surface area contributed by atoms with Crippen molar-refractivity contribution >= 4 is 44.0 Å². The third-order valence-electron chi connectivity index (χ3n) is 3.23. The predicted octanol–water partition coefficient (Wildman–Crippen LogP) is 4.61. The van der Waals surface area contributed by atoms with E-state index < -0.39 is 0 Å². The molecule has 1 amide bonds. The van der Waals surface area contributed by atoms with Crippen LogP contribution in [0.15, 0.2) is 50.4 Å². The molecule has 25 heavy (non-hydrogen) atoms. The first-order chi connectivity index (χ1) is 11.9. The number of carbonyl (C=O) groups excluding carboxylic acids is 1. The molecule has 0 aliphatic carbocycles. The summed E-state index contributed by atoms with van der Waals surface area (Å²) in [5.74, 6) is -0.281. The lowest BCUT2D eigenvalue weighted by molar-refractivity contribution is 0.0657. The fraction of sp³-hybridized carbons (Fsp3) is 0.222. The molecule has 0 aliphatic rings. The van der Waals surface area contributed by atoms with E-state index >= 15 is 0 Å². The van der Waals surface area contributed by atoms with Gasteiger partial charge in [-0.25, -0.2) is 5.43 Å². The van der Waals surface area contributed by atoms with Crippen LogP contribution in [-0.4, -0.2) is 23.3 Å². The third-order valence-corrected chi connectivity index (χ3v) is 4.29. The smallest absolute Gasteiger partial charge is 0.271 e. The largest absolute Gasteiger partial charge is 0.506 e. The van der Waals surface area contributed by atoms with Crippen molar-refractivity contribution in [1.29, 1.82) is 0 Å². The summed E-state index contributed by atoms with van der Waals surface area (Å²) in [7, 11) is 0. The van der Waals surface area contributed by atoms with Gasteiger partial charge in [-0.3, -0.25) is 4.79 Å². The maximum absolute atomic E-state index is 12.1. The summed E-state index contributed by atoms with van der Waals surface area (Å²) in [5.41, 5.74) is 4.40. The van der Waals surface area contributed by atoms with E-state index in [1.165, 1.54) is 6.21 Å². The summed E-state index contributed by atoms with van der Waals surface area (Å²) >= 11 is 6.58. The standard InChI is InChI=1S/C18H18Br2N2O3/c1-11(2)25-10-12-3-5-13(6-4-12)18(24)22-21-9-14-7-15(19)8-16(20)17(14)23/h3-9,11,23H,10H2,1-2H3,(H,22,24). The van der Waals surface area contributed by atoms with Gasteiger partial charge in [0.15, 0.2) is 0 Å². The van der Waals surface area contributed by atoms with Crippen LogP contribution < -0.4 is 5.43 Å². The molecule has 2 aromatic rings. The van der Waals surface area contributed by atoms with Gasteiger partial charge in [0.2, 0.25) is 0 Å². The molecule has 0 saturated carbocycles. The number of nitrogens with one attached hydrogen (secondary N) is 1. The molecule has 0 saturated heterocycles. The van der Waals surface area contributed by atoms with Gasteiger partial charge in [0.25, 0.3) is 5.91 Å². The molecule has 0 unspecified atom stereocenters. The fourth-order valence-electron chi connectivity index (χ4n) is 1.92. The molecule has 2 N–H and O–H groups in total. The van der Waals surface area contributed by atoms with Crippen LogP contribution in [0.1, 0.15) is 35.3 Å². The number of hydrogen-bond acceptors (Lipinski definition) is 4. The molecule has 0 atom stereocenters. The lowest BCUT2D eigenvalue weighted by Crippen LogP contribution is -2.17. The first-order valence-electron chi connectivity index (χ1n) is 7.58. The predicted molar refractivity (Wildman–Crippen MR) is 105 cm³/mol. The summed E-state index contributed by atoms with van der Waals surface area (Å²) in [6.07, 6.45) is 1.54. The highest BCUT2D eigenvalue weighted by Crippen LogP contribution is 2.30. The molecule has 0 radical (unpaired) electrons. The first-order valence-corrected chi connectivity index (χ1v) is 9.17. The Balaban J connectivity index is 1.98. The second-order valence-corrected chi connectivity index (χ2v) is 7.35. The summed E-state index contributed by atoms with van der Waals surface area (Å²) in [6, 6.07) is 10.5. The zero-order chi connectivity index (χ0) is 18.4. The average Bonchev–Trinajstić information content (AvgIpc) is 2.57. The summed E-state index contributed by atoms with van der Waals surface area (Å²) in [5, 5.41) is 13.8. The molecule has 0 aliphatic heterocycles. The summed E-state index contributed by atoms with van der Waals surface area (Å²) < 4.78 is 6.83. The number of rotatable bonds is 6. The summed E-state index contributed by atoms with van der Waals surface area (Å²) in [4.78, 5) is 12.1. The second-order valence-electron chi connectivity index (χ2n) is 5.58. The van der Waals surface area contributed by atoms with Crippen LogP contribution in [0.2, 0.25) is 0 Å². The van der Waals surface area contributed by atoms with Crippen molar-refractivity contribution in [2.45, 2.75) is 26.6 Å². The Labute approximate surface area is 163 Å². The minimum atomic E-state index is -0.332. The van der Waals surface area contributed by atoms with Crippen molar-refractivity contribution in [3.05, 3.63) is 62.0 Å². The van der Waals surface area contributed by atoms with Crippen LogP contribution in [0.4, 0.5) is 0 Å². The monoisotopic (exact) mass is 468 g/mol. The molecule has 7 heteroatoms. The molecule has 2 rings (SSSR count). The maximum atomic E-state index is 12.1. The molecule has 0 bridgehead atoms. The van der Waals surface area contributed by atoms with Gasteiger partial charge in [-0.15, -0.1) is 0 Å². The Morgan fingerprint density at radius 1 is 1.28 bits per heavy atom. The second kappa shape index (κ2) is 9.12. The van der Waals surface area contributed by atoms with Gasteiger partial charge in [0, 0.05) is 15.6 Å². The average molecular weight is 470 g/mol. The Morgan fingerprint density at radius 3 is 2.60 bits per heavy atom. The van der Waals surface area contributed by atoms with E-state index in [1.54, 1.807) is 24.3 Å². The topological polar surface area (TPSA) is 70.9 Å². The number of carbonyl (C=O) groups is 1. The molecule has 0 aromatic heterocycles. The normalized spacial score (nSPS) is 11.2. The van der Waals surface area contributed by atoms with E-state index in [0.29, 0.717) is 22.2 Å². The van der Waals surface area contributed by atoms with Crippen LogP contribution in [0.5, 0.6) is 5.75 Å². The van der Waals surface area contributed by atoms with Crippen LogP contribution in [0.25, 0.3) is 0 Å². The highest BCUT2D eigenvalue weighted by atomic mass is 79.9. The molecular weight excluding hydrogens is 452 g/mol. The van der Waals surface area contributed by atoms with E-state index in [1.807, 2.05) is 26.0 Å².